The SMILES string of the molecule is C[C@@H]1N=C(N2CCN(C(=O)C(N)CCCCN3CCCCC3)[C@H](C(=O)NCc3cc4cnccc4s3)C2)O[C@H]1c1ccccc1. The van der Waals surface area contributed by atoms with Gasteiger partial charge in [0.25, 0.3) is 6.02 Å². The highest BCUT2D eigenvalue weighted by molar-refractivity contribution is 7.19. The number of ether oxygens (including phenoxy) is 1. The first-order chi connectivity index (χ1) is 22.0. The number of nitrogens with zero attached hydrogens (tertiary/aromatic N) is 5. The van der Waals surface area contributed by atoms with Gasteiger partial charge in [-0.05, 0) is 69.9 Å². The highest BCUT2D eigenvalue weighted by Gasteiger charge is 2.41. The summed E-state index contributed by atoms with van der Waals surface area (Å²) >= 11 is 1.63. The number of amidine groups is 1. The Kier molecular flexibility index (Phi) is 10.3. The third kappa shape index (κ3) is 7.65. The topological polar surface area (TPSA) is 116 Å². The van der Waals surface area contributed by atoms with Crippen LogP contribution in [0.1, 0.15) is 62.0 Å². The van der Waals surface area contributed by atoms with Crippen molar-refractivity contribution >= 4 is 39.3 Å². The summed E-state index contributed by atoms with van der Waals surface area (Å²) in [6.45, 7) is 7.01. The van der Waals surface area contributed by atoms with E-state index in [1.807, 2.05) is 54.4 Å². The number of aliphatic imine (C=N–C) groups is 1. The molecular formula is C34H45N7O3S. The van der Waals surface area contributed by atoms with Gasteiger partial charge < -0.3 is 30.5 Å². The molecule has 0 saturated carbocycles. The van der Waals surface area contributed by atoms with Gasteiger partial charge in [-0.3, -0.25) is 14.6 Å². The van der Waals surface area contributed by atoms with Gasteiger partial charge in [-0.1, -0.05) is 43.2 Å². The van der Waals surface area contributed by atoms with E-state index in [0.29, 0.717) is 38.6 Å². The number of carbonyl (C=O) groups excluding carboxylic acids is 2. The molecule has 2 amide bonds. The van der Waals surface area contributed by atoms with E-state index in [2.05, 4.69) is 21.3 Å². The molecule has 2 fully saturated rings. The minimum atomic E-state index is -0.709. The van der Waals surface area contributed by atoms with Gasteiger partial charge >= 0.3 is 0 Å². The van der Waals surface area contributed by atoms with Crippen molar-refractivity contribution in [1.82, 2.24) is 25.0 Å². The van der Waals surface area contributed by atoms with Gasteiger partial charge in [0.1, 0.15) is 12.1 Å². The number of nitrogens with two attached hydrogens (primary N) is 1. The van der Waals surface area contributed by atoms with Gasteiger partial charge in [-0.15, -0.1) is 11.3 Å². The van der Waals surface area contributed by atoms with Crippen LogP contribution in [0, 0.1) is 0 Å². The van der Waals surface area contributed by atoms with Crippen molar-refractivity contribution < 1.29 is 14.3 Å². The first kappa shape index (κ1) is 31.4. The van der Waals surface area contributed by atoms with Crippen molar-refractivity contribution in [2.24, 2.45) is 10.7 Å². The van der Waals surface area contributed by atoms with E-state index in [0.717, 1.165) is 39.9 Å². The zero-order chi connectivity index (χ0) is 31.2. The van der Waals surface area contributed by atoms with Gasteiger partial charge in [-0.2, -0.15) is 0 Å². The maximum Gasteiger partial charge on any atom is 0.288 e. The number of hydrogen-bond acceptors (Lipinski definition) is 9. The van der Waals surface area contributed by atoms with Crippen molar-refractivity contribution in [3.05, 3.63) is 65.3 Å². The zero-order valence-corrected chi connectivity index (χ0v) is 27.0. The second-order valence-electron chi connectivity index (χ2n) is 12.4. The summed E-state index contributed by atoms with van der Waals surface area (Å²) in [4.78, 5) is 43.8. The van der Waals surface area contributed by atoms with Gasteiger partial charge in [0.2, 0.25) is 11.8 Å². The van der Waals surface area contributed by atoms with Crippen LogP contribution in [0.3, 0.4) is 0 Å². The molecule has 11 heteroatoms. The second-order valence-corrected chi connectivity index (χ2v) is 13.6. The molecule has 1 aromatic carbocycles. The quantitative estimate of drug-likeness (QED) is 0.326. The summed E-state index contributed by atoms with van der Waals surface area (Å²) in [5.74, 6) is -0.363. The van der Waals surface area contributed by atoms with Crippen molar-refractivity contribution in [2.45, 2.75) is 76.2 Å². The predicted molar refractivity (Wildman–Crippen MR) is 178 cm³/mol. The first-order valence-electron chi connectivity index (χ1n) is 16.4. The van der Waals surface area contributed by atoms with Gasteiger partial charge in [0.15, 0.2) is 0 Å². The van der Waals surface area contributed by atoms with Crippen molar-refractivity contribution in [1.29, 1.82) is 0 Å². The fraction of sp³-hybridized carbons (Fsp3) is 0.529. The minimum absolute atomic E-state index is 0.0600. The Labute approximate surface area is 269 Å². The summed E-state index contributed by atoms with van der Waals surface area (Å²) < 4.78 is 7.48. The molecule has 10 nitrogen and oxygen atoms in total. The minimum Gasteiger partial charge on any atom is -0.455 e. The van der Waals surface area contributed by atoms with Crippen LogP contribution in [0.2, 0.25) is 0 Å². The first-order valence-corrected chi connectivity index (χ1v) is 17.2. The zero-order valence-electron chi connectivity index (χ0n) is 26.1. The Morgan fingerprint density at radius 1 is 1.09 bits per heavy atom. The van der Waals surface area contributed by atoms with E-state index in [4.69, 9.17) is 15.5 Å². The number of likely N-dealkylation sites (tertiary alicyclic amines) is 1. The molecule has 1 unspecified atom stereocenters. The summed E-state index contributed by atoms with van der Waals surface area (Å²) in [5.41, 5.74) is 7.56. The summed E-state index contributed by atoms with van der Waals surface area (Å²) in [5, 5.41) is 4.15. The van der Waals surface area contributed by atoms with Crippen LogP contribution < -0.4 is 11.1 Å². The highest BCUT2D eigenvalue weighted by atomic mass is 32.1. The van der Waals surface area contributed by atoms with Crippen LogP contribution >= 0.6 is 11.3 Å². The molecule has 5 heterocycles. The van der Waals surface area contributed by atoms with E-state index in [9.17, 15) is 9.59 Å². The average Bonchev–Trinajstić information content (AvgIpc) is 3.69. The van der Waals surface area contributed by atoms with E-state index < -0.39 is 12.1 Å². The number of thiophene rings is 1. The summed E-state index contributed by atoms with van der Waals surface area (Å²) in [6, 6.07) is 13.2. The third-order valence-electron chi connectivity index (χ3n) is 9.16. The summed E-state index contributed by atoms with van der Waals surface area (Å²) in [6.07, 6.45) is 9.83. The maximum absolute atomic E-state index is 13.8. The van der Waals surface area contributed by atoms with Crippen LogP contribution in [0.25, 0.3) is 10.1 Å². The predicted octanol–water partition coefficient (Wildman–Crippen LogP) is 3.92. The number of fused-ring (bicyclic) bond motifs is 1. The molecule has 0 aliphatic carbocycles. The Morgan fingerprint density at radius 3 is 2.71 bits per heavy atom. The molecule has 0 bridgehead atoms. The average molecular weight is 632 g/mol. The van der Waals surface area contributed by atoms with Crippen LogP contribution in [-0.4, -0.2) is 94.9 Å². The van der Waals surface area contributed by atoms with E-state index in [1.54, 1.807) is 22.4 Å². The number of rotatable bonds is 10. The number of pyridine rings is 1. The van der Waals surface area contributed by atoms with E-state index >= 15 is 0 Å². The molecule has 0 radical (unpaired) electrons. The number of piperidine rings is 1. The molecular weight excluding hydrogens is 586 g/mol. The Bertz CT molecular complexity index is 1440. The van der Waals surface area contributed by atoms with E-state index in [-0.39, 0.29) is 24.0 Å². The fourth-order valence-corrected chi connectivity index (χ4v) is 7.58. The lowest BCUT2D eigenvalue weighted by Gasteiger charge is -2.41. The number of unbranched alkanes of at least 4 members (excludes halogenated alkanes) is 1. The lowest BCUT2D eigenvalue weighted by atomic mass is 10.0. The maximum atomic E-state index is 13.8. The normalized spacial score (nSPS) is 23.1. The lowest BCUT2D eigenvalue weighted by molar-refractivity contribution is -0.144. The molecule has 45 heavy (non-hydrogen) atoms. The molecule has 2 aromatic heterocycles. The smallest absolute Gasteiger partial charge is 0.288 e. The van der Waals surface area contributed by atoms with Gasteiger partial charge in [0, 0.05) is 40.4 Å². The standard InChI is InChI=1S/C34H45N7O3S/c1-24-31(25-10-4-2-5-11-25)44-34(38-24)40-18-19-41(33(43)28(35)12-6-9-17-39-15-7-3-8-16-39)29(23-40)32(42)37-22-27-20-26-21-36-14-13-30(26)45-27/h2,4-5,10-11,13-14,20-21,24,28-29,31H,3,6-9,12,15-19,22-23,35H2,1H3,(H,37,42)/t24-,28?,29-,31+/m0/s1. The largest absolute Gasteiger partial charge is 0.455 e. The molecule has 6 rings (SSSR count). The monoisotopic (exact) mass is 631 g/mol. The number of carbonyl (C=O) groups is 2. The molecule has 2 saturated heterocycles. The lowest BCUT2D eigenvalue weighted by Crippen LogP contribution is -2.63. The number of amides is 2. The third-order valence-corrected chi connectivity index (χ3v) is 10.3. The molecule has 3 aliphatic heterocycles. The Morgan fingerprint density at radius 2 is 1.91 bits per heavy atom. The fourth-order valence-electron chi connectivity index (χ4n) is 6.61. The van der Waals surface area contributed by atoms with Crippen molar-refractivity contribution in [3.8, 4) is 0 Å². The molecule has 240 valence electrons. The van der Waals surface area contributed by atoms with Gasteiger partial charge in [-0.25, -0.2) is 4.99 Å². The van der Waals surface area contributed by atoms with Crippen LogP contribution in [0.5, 0.6) is 0 Å². The number of nitrogens with one attached hydrogen (secondary N) is 1. The van der Waals surface area contributed by atoms with Crippen molar-refractivity contribution in [2.75, 3.05) is 39.3 Å². The molecule has 3 aliphatic rings. The second kappa shape index (κ2) is 14.7. The number of benzene rings is 1. The van der Waals surface area contributed by atoms with Gasteiger partial charge in [0.05, 0.1) is 25.2 Å². The highest BCUT2D eigenvalue weighted by Crippen LogP contribution is 2.31. The molecule has 3 N–H and O–H groups in total. The number of piperazine rings is 1. The van der Waals surface area contributed by atoms with Crippen molar-refractivity contribution in [3.63, 3.8) is 0 Å². The Balaban J connectivity index is 1.11. The number of aromatic nitrogens is 1. The summed E-state index contributed by atoms with van der Waals surface area (Å²) in [7, 11) is 0. The van der Waals surface area contributed by atoms with Crippen LogP contribution in [-0.2, 0) is 20.9 Å². The Hall–Kier alpha value is -3.54. The van der Waals surface area contributed by atoms with Crippen LogP contribution in [0.15, 0.2) is 59.9 Å². The number of hydrogen-bond donors (Lipinski definition) is 2. The van der Waals surface area contributed by atoms with Crippen LogP contribution in [0.4, 0.5) is 0 Å². The van der Waals surface area contributed by atoms with E-state index in [1.165, 1.54) is 32.4 Å². The molecule has 0 spiro atoms. The molecule has 4 atom stereocenters. The molecule has 3 aromatic rings.